The van der Waals surface area contributed by atoms with Gasteiger partial charge >= 0.3 is 5.97 Å². The van der Waals surface area contributed by atoms with Gasteiger partial charge in [-0.15, -0.1) is 0 Å². The van der Waals surface area contributed by atoms with Crippen molar-refractivity contribution in [1.82, 2.24) is 4.90 Å². The highest BCUT2D eigenvalue weighted by Crippen LogP contribution is 2.24. The van der Waals surface area contributed by atoms with Crippen LogP contribution in [0.3, 0.4) is 0 Å². The van der Waals surface area contributed by atoms with Crippen LogP contribution in [0, 0.1) is 0 Å². The third kappa shape index (κ3) is 4.34. The fourth-order valence-electron chi connectivity index (χ4n) is 2.67. The van der Waals surface area contributed by atoms with Crippen LogP contribution in [0.25, 0.3) is 0 Å². The van der Waals surface area contributed by atoms with E-state index in [0.29, 0.717) is 24.2 Å². The van der Waals surface area contributed by atoms with E-state index >= 15 is 0 Å². The van der Waals surface area contributed by atoms with Gasteiger partial charge in [0.05, 0.1) is 12.0 Å². The number of likely N-dealkylation sites (tertiary alicyclic amines) is 1. The SMILES string of the molecule is CC(C)(C(=O)O)c1ccc(NC(=O)CN2CCCCCC2=O)cc1. The minimum absolute atomic E-state index is 0.0289. The van der Waals surface area contributed by atoms with Gasteiger partial charge in [0.25, 0.3) is 0 Å². The van der Waals surface area contributed by atoms with E-state index in [1.165, 1.54) is 0 Å². The van der Waals surface area contributed by atoms with Gasteiger partial charge < -0.3 is 15.3 Å². The van der Waals surface area contributed by atoms with Crippen molar-refractivity contribution in [3.05, 3.63) is 29.8 Å². The smallest absolute Gasteiger partial charge is 0.313 e. The second-order valence-corrected chi connectivity index (χ2v) is 6.68. The average Bonchev–Trinajstić information content (AvgIpc) is 2.72. The van der Waals surface area contributed by atoms with Gasteiger partial charge in [-0.05, 0) is 44.4 Å². The topological polar surface area (TPSA) is 86.7 Å². The number of nitrogens with one attached hydrogen (secondary N) is 1. The number of aliphatic carboxylic acids is 1. The molecule has 1 fully saturated rings. The van der Waals surface area contributed by atoms with Crippen LogP contribution >= 0.6 is 0 Å². The fourth-order valence-corrected chi connectivity index (χ4v) is 2.67. The summed E-state index contributed by atoms with van der Waals surface area (Å²) in [6.45, 7) is 3.95. The van der Waals surface area contributed by atoms with E-state index in [0.717, 1.165) is 19.3 Å². The zero-order chi connectivity index (χ0) is 17.7. The first-order chi connectivity index (χ1) is 11.3. The molecule has 130 valence electrons. The van der Waals surface area contributed by atoms with Gasteiger partial charge in [0, 0.05) is 18.7 Å². The van der Waals surface area contributed by atoms with Crippen LogP contribution in [0.15, 0.2) is 24.3 Å². The Morgan fingerprint density at radius 2 is 1.83 bits per heavy atom. The molecular weight excluding hydrogens is 308 g/mol. The number of carbonyl (C=O) groups is 3. The number of rotatable bonds is 5. The van der Waals surface area contributed by atoms with Crippen LogP contribution in [0.4, 0.5) is 5.69 Å². The molecule has 0 atom stereocenters. The number of hydrogen-bond donors (Lipinski definition) is 2. The molecule has 2 amide bonds. The van der Waals surface area contributed by atoms with Crippen molar-refractivity contribution in [2.75, 3.05) is 18.4 Å². The molecule has 1 aromatic rings. The van der Waals surface area contributed by atoms with Crippen LogP contribution < -0.4 is 5.32 Å². The van der Waals surface area contributed by atoms with Crippen LogP contribution in [0.2, 0.25) is 0 Å². The molecule has 0 bridgehead atoms. The number of hydrogen-bond acceptors (Lipinski definition) is 3. The maximum atomic E-state index is 12.1. The van der Waals surface area contributed by atoms with Crippen molar-refractivity contribution in [2.24, 2.45) is 0 Å². The van der Waals surface area contributed by atoms with Crippen LogP contribution in [0.5, 0.6) is 0 Å². The Bertz CT molecular complexity index is 622. The number of carbonyl (C=O) groups excluding carboxylic acids is 2. The summed E-state index contributed by atoms with van der Waals surface area (Å²) in [5.74, 6) is -1.12. The minimum atomic E-state index is -0.985. The van der Waals surface area contributed by atoms with Crippen molar-refractivity contribution in [3.8, 4) is 0 Å². The van der Waals surface area contributed by atoms with Crippen LogP contribution in [-0.2, 0) is 19.8 Å². The third-order valence-electron chi connectivity index (χ3n) is 4.43. The summed E-state index contributed by atoms with van der Waals surface area (Å²) in [5.41, 5.74) is 0.268. The molecule has 0 aromatic heterocycles. The molecule has 1 aliphatic rings. The van der Waals surface area contributed by atoms with Crippen molar-refractivity contribution in [3.63, 3.8) is 0 Å². The summed E-state index contributed by atoms with van der Waals surface area (Å²) in [4.78, 5) is 36.9. The molecule has 1 aliphatic heterocycles. The summed E-state index contributed by atoms with van der Waals surface area (Å²) >= 11 is 0. The van der Waals surface area contributed by atoms with E-state index < -0.39 is 11.4 Å². The Balaban J connectivity index is 1.97. The summed E-state index contributed by atoms with van der Waals surface area (Å²) in [6, 6.07) is 6.76. The van der Waals surface area contributed by atoms with E-state index in [-0.39, 0.29) is 18.4 Å². The molecule has 0 spiro atoms. The van der Waals surface area contributed by atoms with Gasteiger partial charge in [0.15, 0.2) is 0 Å². The Hall–Kier alpha value is -2.37. The zero-order valence-corrected chi connectivity index (χ0v) is 14.2. The maximum absolute atomic E-state index is 12.1. The summed E-state index contributed by atoms with van der Waals surface area (Å²) in [7, 11) is 0. The first-order valence-electron chi connectivity index (χ1n) is 8.22. The van der Waals surface area contributed by atoms with Gasteiger partial charge in [-0.1, -0.05) is 18.6 Å². The molecule has 6 nitrogen and oxygen atoms in total. The predicted molar refractivity (Wildman–Crippen MR) is 90.8 cm³/mol. The highest BCUT2D eigenvalue weighted by molar-refractivity contribution is 5.94. The summed E-state index contributed by atoms with van der Waals surface area (Å²) in [6.07, 6.45) is 3.34. The van der Waals surface area contributed by atoms with Crippen molar-refractivity contribution in [2.45, 2.75) is 44.9 Å². The molecule has 24 heavy (non-hydrogen) atoms. The molecule has 0 saturated carbocycles. The van der Waals surface area contributed by atoms with E-state index in [4.69, 9.17) is 0 Å². The molecule has 1 heterocycles. The van der Waals surface area contributed by atoms with Crippen LogP contribution in [0.1, 0.15) is 45.1 Å². The van der Waals surface area contributed by atoms with E-state index in [1.807, 2.05) is 0 Å². The standard InChI is InChI=1S/C18H24N2O4/c1-18(2,17(23)24)13-7-9-14(10-8-13)19-15(21)12-20-11-5-3-4-6-16(20)22/h7-10H,3-6,11-12H2,1-2H3,(H,19,21)(H,23,24). The number of amides is 2. The molecule has 1 saturated heterocycles. The number of carboxylic acids is 1. The van der Waals surface area contributed by atoms with E-state index in [9.17, 15) is 19.5 Å². The lowest BCUT2D eigenvalue weighted by molar-refractivity contribution is -0.142. The first kappa shape index (κ1) is 18.0. The quantitative estimate of drug-likeness (QED) is 0.867. The Labute approximate surface area is 141 Å². The molecule has 0 radical (unpaired) electrons. The molecule has 1 aromatic carbocycles. The van der Waals surface area contributed by atoms with Crippen molar-refractivity contribution < 1.29 is 19.5 Å². The first-order valence-corrected chi connectivity index (χ1v) is 8.22. The minimum Gasteiger partial charge on any atom is -0.481 e. The molecular formula is C18H24N2O4. The van der Waals surface area contributed by atoms with Gasteiger partial charge in [0.1, 0.15) is 0 Å². The number of carboxylic acid groups (broad SMARTS) is 1. The largest absolute Gasteiger partial charge is 0.481 e. The second-order valence-electron chi connectivity index (χ2n) is 6.68. The molecule has 6 heteroatoms. The summed E-state index contributed by atoms with van der Waals surface area (Å²) < 4.78 is 0. The Kier molecular flexibility index (Phi) is 5.59. The van der Waals surface area contributed by atoms with E-state index in [2.05, 4.69) is 5.32 Å². The lowest BCUT2D eigenvalue weighted by Crippen LogP contribution is -2.37. The fraction of sp³-hybridized carbons (Fsp3) is 0.500. The highest BCUT2D eigenvalue weighted by atomic mass is 16.4. The van der Waals surface area contributed by atoms with Crippen LogP contribution in [-0.4, -0.2) is 40.9 Å². The lowest BCUT2D eigenvalue weighted by Gasteiger charge is -2.21. The molecule has 0 aliphatic carbocycles. The average molecular weight is 332 g/mol. The lowest BCUT2D eigenvalue weighted by atomic mass is 9.85. The molecule has 0 unspecified atom stereocenters. The van der Waals surface area contributed by atoms with Gasteiger partial charge in [-0.3, -0.25) is 14.4 Å². The Morgan fingerprint density at radius 3 is 2.46 bits per heavy atom. The Morgan fingerprint density at radius 1 is 1.17 bits per heavy atom. The second kappa shape index (κ2) is 7.47. The monoisotopic (exact) mass is 332 g/mol. The normalized spacial score (nSPS) is 15.8. The number of benzene rings is 1. The van der Waals surface area contributed by atoms with Crippen molar-refractivity contribution in [1.29, 1.82) is 0 Å². The van der Waals surface area contributed by atoms with Gasteiger partial charge in [-0.25, -0.2) is 0 Å². The number of anilines is 1. The van der Waals surface area contributed by atoms with E-state index in [1.54, 1.807) is 43.0 Å². The zero-order valence-electron chi connectivity index (χ0n) is 14.2. The van der Waals surface area contributed by atoms with Gasteiger partial charge in [0.2, 0.25) is 11.8 Å². The van der Waals surface area contributed by atoms with Crippen molar-refractivity contribution >= 4 is 23.5 Å². The summed E-state index contributed by atoms with van der Waals surface area (Å²) in [5, 5.41) is 12.0. The molecule has 2 N–H and O–H groups in total. The highest BCUT2D eigenvalue weighted by Gasteiger charge is 2.29. The number of nitrogens with zero attached hydrogens (tertiary/aromatic N) is 1. The molecule has 2 rings (SSSR count). The van der Waals surface area contributed by atoms with Gasteiger partial charge in [-0.2, -0.15) is 0 Å². The maximum Gasteiger partial charge on any atom is 0.313 e. The third-order valence-corrected chi connectivity index (χ3v) is 4.43. The predicted octanol–water partition coefficient (Wildman–Crippen LogP) is 2.39.